The number of amides is 1. The Morgan fingerprint density at radius 3 is 2.35 bits per heavy atom. The molecule has 2 aromatic rings. The SMILES string of the molecule is CCOC(=O)c1ccc(NC(=O)/C=C/c2ccc(Cl)cc2)cc1. The van der Waals surface area contributed by atoms with Crippen molar-refractivity contribution in [1.29, 1.82) is 0 Å². The summed E-state index contributed by atoms with van der Waals surface area (Å²) >= 11 is 5.80. The van der Waals surface area contributed by atoms with Crippen LogP contribution in [0.4, 0.5) is 5.69 Å². The first kappa shape index (κ1) is 16.8. The van der Waals surface area contributed by atoms with Crippen molar-refractivity contribution >= 4 is 35.2 Å². The summed E-state index contributed by atoms with van der Waals surface area (Å²) in [4.78, 5) is 23.4. The maximum atomic E-state index is 11.9. The van der Waals surface area contributed by atoms with Crippen molar-refractivity contribution in [3.63, 3.8) is 0 Å². The summed E-state index contributed by atoms with van der Waals surface area (Å²) in [5, 5.41) is 3.36. The molecular formula is C18H16ClNO3. The van der Waals surface area contributed by atoms with E-state index in [2.05, 4.69) is 5.32 Å². The standard InChI is InChI=1S/C18H16ClNO3/c1-2-23-18(22)14-6-10-16(11-7-14)20-17(21)12-5-13-3-8-15(19)9-4-13/h3-12H,2H2,1H3,(H,20,21)/b12-5+. The molecule has 0 aliphatic rings. The number of hydrogen-bond donors (Lipinski definition) is 1. The predicted molar refractivity (Wildman–Crippen MR) is 91.5 cm³/mol. The van der Waals surface area contributed by atoms with Gasteiger partial charge in [0, 0.05) is 16.8 Å². The van der Waals surface area contributed by atoms with Crippen molar-refractivity contribution in [1.82, 2.24) is 0 Å². The van der Waals surface area contributed by atoms with Gasteiger partial charge in [0.25, 0.3) is 0 Å². The second kappa shape index (κ2) is 8.15. The lowest BCUT2D eigenvalue weighted by Gasteiger charge is -2.04. The highest BCUT2D eigenvalue weighted by Gasteiger charge is 2.06. The lowest BCUT2D eigenvalue weighted by molar-refractivity contribution is -0.111. The first-order valence-corrected chi connectivity index (χ1v) is 7.48. The van der Waals surface area contributed by atoms with E-state index in [1.807, 2.05) is 12.1 Å². The van der Waals surface area contributed by atoms with E-state index < -0.39 is 0 Å². The number of rotatable bonds is 5. The molecule has 2 aromatic carbocycles. The number of nitrogens with one attached hydrogen (secondary N) is 1. The van der Waals surface area contributed by atoms with Crippen LogP contribution in [-0.4, -0.2) is 18.5 Å². The Balaban J connectivity index is 1.94. The van der Waals surface area contributed by atoms with Gasteiger partial charge in [-0.15, -0.1) is 0 Å². The molecule has 0 aliphatic carbocycles. The molecule has 0 bridgehead atoms. The molecule has 4 nitrogen and oxygen atoms in total. The summed E-state index contributed by atoms with van der Waals surface area (Å²) in [7, 11) is 0. The summed E-state index contributed by atoms with van der Waals surface area (Å²) in [6.45, 7) is 2.08. The maximum Gasteiger partial charge on any atom is 0.338 e. The first-order valence-electron chi connectivity index (χ1n) is 7.10. The highest BCUT2D eigenvalue weighted by Crippen LogP contribution is 2.12. The van der Waals surface area contributed by atoms with Crippen LogP contribution in [0.5, 0.6) is 0 Å². The van der Waals surface area contributed by atoms with E-state index in [4.69, 9.17) is 16.3 Å². The largest absolute Gasteiger partial charge is 0.462 e. The number of esters is 1. The molecule has 1 amide bonds. The second-order valence-electron chi connectivity index (χ2n) is 4.67. The fraction of sp³-hybridized carbons (Fsp3) is 0.111. The van der Waals surface area contributed by atoms with E-state index in [0.29, 0.717) is 22.9 Å². The van der Waals surface area contributed by atoms with Crippen LogP contribution in [0, 0.1) is 0 Å². The molecule has 1 N–H and O–H groups in total. The molecule has 0 saturated heterocycles. The number of carbonyl (C=O) groups is 2. The van der Waals surface area contributed by atoms with Crippen molar-refractivity contribution in [3.05, 3.63) is 70.8 Å². The van der Waals surface area contributed by atoms with Crippen LogP contribution < -0.4 is 5.32 Å². The van der Waals surface area contributed by atoms with E-state index in [1.165, 1.54) is 6.08 Å². The average Bonchev–Trinajstić information content (AvgIpc) is 2.55. The molecule has 0 aromatic heterocycles. The zero-order valence-corrected chi connectivity index (χ0v) is 13.3. The fourth-order valence-corrected chi connectivity index (χ4v) is 1.96. The van der Waals surface area contributed by atoms with Crippen LogP contribution in [-0.2, 0) is 9.53 Å². The number of benzene rings is 2. The minimum atomic E-state index is -0.381. The van der Waals surface area contributed by atoms with Crippen LogP contribution in [0.1, 0.15) is 22.8 Å². The normalized spacial score (nSPS) is 10.5. The Morgan fingerprint density at radius 2 is 1.74 bits per heavy atom. The smallest absolute Gasteiger partial charge is 0.338 e. The number of carbonyl (C=O) groups excluding carboxylic acids is 2. The average molecular weight is 330 g/mol. The summed E-state index contributed by atoms with van der Waals surface area (Å²) in [5.41, 5.74) is 1.92. The number of hydrogen-bond acceptors (Lipinski definition) is 3. The van der Waals surface area contributed by atoms with Crippen molar-refractivity contribution in [3.8, 4) is 0 Å². The van der Waals surface area contributed by atoms with Gasteiger partial charge in [-0.25, -0.2) is 4.79 Å². The first-order chi connectivity index (χ1) is 11.1. The molecule has 0 saturated carbocycles. The van der Waals surface area contributed by atoms with Crippen LogP contribution >= 0.6 is 11.6 Å². The number of halogens is 1. The van der Waals surface area contributed by atoms with Crippen molar-refractivity contribution in [2.24, 2.45) is 0 Å². The maximum absolute atomic E-state index is 11.9. The van der Waals surface area contributed by atoms with Gasteiger partial charge in [0.15, 0.2) is 0 Å². The Bertz CT molecular complexity index is 706. The molecular weight excluding hydrogens is 314 g/mol. The van der Waals surface area contributed by atoms with Gasteiger partial charge in [-0.05, 0) is 55.0 Å². The number of ether oxygens (including phenoxy) is 1. The predicted octanol–water partition coefficient (Wildman–Crippen LogP) is 4.17. The van der Waals surface area contributed by atoms with E-state index >= 15 is 0 Å². The molecule has 0 spiro atoms. The molecule has 0 fully saturated rings. The Hall–Kier alpha value is -2.59. The quantitative estimate of drug-likeness (QED) is 0.661. The lowest BCUT2D eigenvalue weighted by atomic mass is 10.2. The lowest BCUT2D eigenvalue weighted by Crippen LogP contribution is -2.08. The summed E-state index contributed by atoms with van der Waals surface area (Å²) in [6.07, 6.45) is 3.13. The minimum absolute atomic E-state index is 0.260. The topological polar surface area (TPSA) is 55.4 Å². The van der Waals surface area contributed by atoms with E-state index in [9.17, 15) is 9.59 Å². The van der Waals surface area contributed by atoms with E-state index in [0.717, 1.165) is 5.56 Å². The van der Waals surface area contributed by atoms with E-state index in [-0.39, 0.29) is 11.9 Å². The third kappa shape index (κ3) is 5.27. The molecule has 0 radical (unpaired) electrons. The van der Waals surface area contributed by atoms with Crippen LogP contribution in [0.3, 0.4) is 0 Å². The Kier molecular flexibility index (Phi) is 5.94. The summed E-state index contributed by atoms with van der Waals surface area (Å²) < 4.78 is 4.90. The van der Waals surface area contributed by atoms with Gasteiger partial charge < -0.3 is 10.1 Å². The van der Waals surface area contributed by atoms with Crippen LogP contribution in [0.15, 0.2) is 54.6 Å². The van der Waals surface area contributed by atoms with Crippen molar-refractivity contribution in [2.75, 3.05) is 11.9 Å². The molecule has 2 rings (SSSR count). The molecule has 0 aliphatic heterocycles. The zero-order valence-electron chi connectivity index (χ0n) is 12.6. The van der Waals surface area contributed by atoms with Gasteiger partial charge in [0.2, 0.25) is 5.91 Å². The molecule has 0 atom stereocenters. The van der Waals surface area contributed by atoms with Crippen molar-refractivity contribution < 1.29 is 14.3 Å². The van der Waals surface area contributed by atoms with Gasteiger partial charge >= 0.3 is 5.97 Å². The third-order valence-corrected chi connectivity index (χ3v) is 3.21. The highest BCUT2D eigenvalue weighted by molar-refractivity contribution is 6.30. The third-order valence-electron chi connectivity index (χ3n) is 2.96. The van der Waals surface area contributed by atoms with E-state index in [1.54, 1.807) is 49.4 Å². The Morgan fingerprint density at radius 1 is 1.09 bits per heavy atom. The van der Waals surface area contributed by atoms with Crippen LogP contribution in [0.25, 0.3) is 6.08 Å². The molecule has 23 heavy (non-hydrogen) atoms. The Labute approximate surface area is 139 Å². The van der Waals surface area contributed by atoms with Gasteiger partial charge in [0.05, 0.1) is 12.2 Å². The van der Waals surface area contributed by atoms with Crippen molar-refractivity contribution in [2.45, 2.75) is 6.92 Å². The summed E-state index contributed by atoms with van der Waals surface area (Å²) in [6, 6.07) is 13.7. The molecule has 5 heteroatoms. The number of anilines is 1. The van der Waals surface area contributed by atoms with Crippen LogP contribution in [0.2, 0.25) is 5.02 Å². The molecule has 118 valence electrons. The monoisotopic (exact) mass is 329 g/mol. The zero-order chi connectivity index (χ0) is 16.7. The van der Waals surface area contributed by atoms with Gasteiger partial charge in [-0.1, -0.05) is 23.7 Å². The van der Waals surface area contributed by atoms with Gasteiger partial charge in [-0.3, -0.25) is 4.79 Å². The fourth-order valence-electron chi connectivity index (χ4n) is 1.83. The highest BCUT2D eigenvalue weighted by atomic mass is 35.5. The minimum Gasteiger partial charge on any atom is -0.462 e. The van der Waals surface area contributed by atoms with Gasteiger partial charge in [0.1, 0.15) is 0 Å². The van der Waals surface area contributed by atoms with Gasteiger partial charge in [-0.2, -0.15) is 0 Å². The summed E-state index contributed by atoms with van der Waals surface area (Å²) in [5.74, 6) is -0.642. The second-order valence-corrected chi connectivity index (χ2v) is 5.11. The molecule has 0 heterocycles. The molecule has 0 unspecified atom stereocenters.